The third kappa shape index (κ3) is 6.64. The molecule has 1 saturated carbocycles. The van der Waals surface area contributed by atoms with Crippen LogP contribution in [0.15, 0.2) is 24.3 Å². The highest BCUT2D eigenvalue weighted by Crippen LogP contribution is 2.39. The number of halogens is 3. The Morgan fingerprint density at radius 3 is 2.29 bits per heavy atom. The molecular weight excluding hydrogens is 447 g/mol. The van der Waals surface area contributed by atoms with Gasteiger partial charge in [-0.25, -0.2) is 4.79 Å². The second-order valence-corrected chi connectivity index (χ2v) is 10.9. The average Bonchev–Trinajstić information content (AvgIpc) is 3.25. The zero-order valence-electron chi connectivity index (χ0n) is 20.5. The van der Waals surface area contributed by atoms with Gasteiger partial charge in [-0.2, -0.15) is 13.2 Å². The molecule has 0 bridgehead atoms. The number of hydrogen-bond donors (Lipinski definition) is 2. The fourth-order valence-electron chi connectivity index (χ4n) is 5.03. The summed E-state index contributed by atoms with van der Waals surface area (Å²) < 4.78 is 43.6. The molecule has 4 atom stereocenters. The average molecular weight is 484 g/mol. The van der Waals surface area contributed by atoms with E-state index in [9.17, 15) is 22.8 Å². The third-order valence-corrected chi connectivity index (χ3v) is 6.68. The molecule has 6 nitrogen and oxygen atoms in total. The third-order valence-electron chi connectivity index (χ3n) is 6.68. The molecule has 190 valence electrons. The van der Waals surface area contributed by atoms with E-state index in [1.807, 2.05) is 20.8 Å². The Bertz CT molecular complexity index is 865. The predicted octanol–water partition coefficient (Wildman–Crippen LogP) is 4.58. The number of likely N-dealkylation sites (tertiary alicyclic amines) is 1. The molecular formula is C25H36F3N3O3. The first-order chi connectivity index (χ1) is 15.7. The molecule has 1 aromatic rings. The summed E-state index contributed by atoms with van der Waals surface area (Å²) in [6.07, 6.45) is -3.36. The van der Waals surface area contributed by atoms with Crippen molar-refractivity contribution in [1.82, 2.24) is 15.5 Å². The molecule has 2 fully saturated rings. The van der Waals surface area contributed by atoms with Crippen molar-refractivity contribution < 1.29 is 27.5 Å². The molecule has 3 rings (SSSR count). The molecule has 0 unspecified atom stereocenters. The van der Waals surface area contributed by atoms with Gasteiger partial charge in [0.15, 0.2) is 0 Å². The van der Waals surface area contributed by atoms with Crippen LogP contribution < -0.4 is 10.6 Å². The van der Waals surface area contributed by atoms with E-state index in [0.717, 1.165) is 43.6 Å². The van der Waals surface area contributed by atoms with Crippen molar-refractivity contribution in [2.24, 2.45) is 17.3 Å². The van der Waals surface area contributed by atoms with Crippen LogP contribution in [0.5, 0.6) is 0 Å². The Hall–Kier alpha value is -2.29. The van der Waals surface area contributed by atoms with Crippen LogP contribution in [0.2, 0.25) is 0 Å². The van der Waals surface area contributed by atoms with Crippen LogP contribution in [-0.4, -0.2) is 48.2 Å². The van der Waals surface area contributed by atoms with Crippen LogP contribution in [0.25, 0.3) is 0 Å². The van der Waals surface area contributed by atoms with Gasteiger partial charge >= 0.3 is 12.3 Å². The van der Waals surface area contributed by atoms with Crippen LogP contribution in [-0.2, 0) is 22.3 Å². The number of nitrogens with zero attached hydrogens (tertiary/aromatic N) is 1. The van der Waals surface area contributed by atoms with Crippen molar-refractivity contribution >= 4 is 12.0 Å². The summed E-state index contributed by atoms with van der Waals surface area (Å²) in [6, 6.07) is 4.58. The number of alkyl carbamates (subject to hydrolysis) is 1. The number of amides is 2. The summed E-state index contributed by atoms with van der Waals surface area (Å²) in [5.41, 5.74) is -0.298. The molecule has 1 aliphatic heterocycles. The summed E-state index contributed by atoms with van der Waals surface area (Å²) in [6.45, 7) is 11.4. The number of ether oxygens (including phenoxy) is 1. The number of rotatable bonds is 6. The standard InChI is InChI=1S/C25H36F3N3O3/c1-15(2)34-23(33)30-21(24(3,4)5)22(32)29-20-11-8-17-13-31(14-19(17)20)12-16-6-9-18(10-7-16)25(26,27)28/h6-7,9-10,15,17,19-21H,8,11-14H2,1-5H3,(H,29,32)(H,30,33)/t17-,19+,20+,21-/m1/s1. The van der Waals surface area contributed by atoms with Gasteiger partial charge in [-0.05, 0) is 61.6 Å². The van der Waals surface area contributed by atoms with Gasteiger partial charge in [0, 0.05) is 25.7 Å². The summed E-state index contributed by atoms with van der Waals surface area (Å²) in [4.78, 5) is 27.5. The number of nitrogens with one attached hydrogen (secondary N) is 2. The van der Waals surface area contributed by atoms with E-state index in [-0.39, 0.29) is 24.0 Å². The van der Waals surface area contributed by atoms with Crippen molar-refractivity contribution in [2.45, 2.75) is 78.4 Å². The number of fused-ring (bicyclic) bond motifs is 1. The Labute approximate surface area is 199 Å². The number of carbonyl (C=O) groups is 2. The van der Waals surface area contributed by atoms with Gasteiger partial charge in [-0.15, -0.1) is 0 Å². The van der Waals surface area contributed by atoms with E-state index in [2.05, 4.69) is 15.5 Å². The Balaban J connectivity index is 1.58. The van der Waals surface area contributed by atoms with Crippen molar-refractivity contribution in [1.29, 1.82) is 0 Å². The van der Waals surface area contributed by atoms with Gasteiger partial charge in [0.05, 0.1) is 11.7 Å². The molecule has 0 aromatic heterocycles. The first-order valence-electron chi connectivity index (χ1n) is 11.9. The fourth-order valence-corrected chi connectivity index (χ4v) is 5.03. The first-order valence-corrected chi connectivity index (χ1v) is 11.9. The van der Waals surface area contributed by atoms with E-state index in [1.165, 1.54) is 12.1 Å². The largest absolute Gasteiger partial charge is 0.447 e. The molecule has 2 N–H and O–H groups in total. The lowest BCUT2D eigenvalue weighted by Crippen LogP contribution is -2.56. The molecule has 1 aliphatic carbocycles. The lowest BCUT2D eigenvalue weighted by molar-refractivity contribution is -0.137. The quantitative estimate of drug-likeness (QED) is 0.621. The van der Waals surface area contributed by atoms with Crippen LogP contribution in [0.4, 0.5) is 18.0 Å². The normalized spacial score (nSPS) is 24.1. The predicted molar refractivity (Wildman–Crippen MR) is 123 cm³/mol. The van der Waals surface area contributed by atoms with Gasteiger partial charge in [-0.3, -0.25) is 9.69 Å². The number of carbonyl (C=O) groups excluding carboxylic acids is 2. The van der Waals surface area contributed by atoms with Gasteiger partial charge in [-0.1, -0.05) is 32.9 Å². The molecule has 1 heterocycles. The van der Waals surface area contributed by atoms with Crippen molar-refractivity contribution in [2.75, 3.05) is 13.1 Å². The molecule has 1 saturated heterocycles. The number of hydrogen-bond acceptors (Lipinski definition) is 4. The van der Waals surface area contributed by atoms with Crippen LogP contribution in [0.3, 0.4) is 0 Å². The Morgan fingerprint density at radius 2 is 1.74 bits per heavy atom. The number of benzene rings is 1. The summed E-state index contributed by atoms with van der Waals surface area (Å²) in [5, 5.41) is 5.88. The lowest BCUT2D eigenvalue weighted by atomic mass is 9.85. The highest BCUT2D eigenvalue weighted by Gasteiger charge is 2.44. The summed E-state index contributed by atoms with van der Waals surface area (Å²) >= 11 is 0. The number of alkyl halides is 3. The zero-order chi connectivity index (χ0) is 25.3. The molecule has 2 amide bonds. The van der Waals surface area contributed by atoms with Crippen molar-refractivity contribution in [3.05, 3.63) is 35.4 Å². The monoisotopic (exact) mass is 483 g/mol. The second kappa shape index (κ2) is 10.1. The minimum Gasteiger partial charge on any atom is -0.447 e. The summed E-state index contributed by atoms with van der Waals surface area (Å²) in [5.74, 6) is 0.494. The van der Waals surface area contributed by atoms with Crippen molar-refractivity contribution in [3.63, 3.8) is 0 Å². The second-order valence-electron chi connectivity index (χ2n) is 10.9. The van der Waals surface area contributed by atoms with Gasteiger partial charge in [0.2, 0.25) is 5.91 Å². The topological polar surface area (TPSA) is 70.7 Å². The minimum absolute atomic E-state index is 0.00266. The van der Waals surface area contributed by atoms with Crippen LogP contribution >= 0.6 is 0 Å². The van der Waals surface area contributed by atoms with Gasteiger partial charge < -0.3 is 15.4 Å². The molecule has 34 heavy (non-hydrogen) atoms. The van der Waals surface area contributed by atoms with E-state index >= 15 is 0 Å². The van der Waals surface area contributed by atoms with E-state index < -0.39 is 29.3 Å². The lowest BCUT2D eigenvalue weighted by Gasteiger charge is -2.32. The molecule has 2 aliphatic rings. The molecule has 0 spiro atoms. The minimum atomic E-state index is -4.33. The molecule has 0 radical (unpaired) electrons. The van der Waals surface area contributed by atoms with Gasteiger partial charge in [0.1, 0.15) is 6.04 Å². The maximum absolute atomic E-state index is 13.2. The van der Waals surface area contributed by atoms with E-state index in [1.54, 1.807) is 13.8 Å². The van der Waals surface area contributed by atoms with E-state index in [4.69, 9.17) is 4.74 Å². The van der Waals surface area contributed by atoms with Crippen LogP contribution in [0, 0.1) is 17.3 Å². The van der Waals surface area contributed by atoms with Crippen LogP contribution in [0.1, 0.15) is 58.6 Å². The Kier molecular flexibility index (Phi) is 7.85. The fraction of sp³-hybridized carbons (Fsp3) is 0.680. The van der Waals surface area contributed by atoms with E-state index in [0.29, 0.717) is 12.5 Å². The molecule has 9 heteroatoms. The SMILES string of the molecule is CC(C)OC(=O)N[C@H](C(=O)N[C@H]1CC[C@@H]2CN(Cc3ccc(C(F)(F)F)cc3)C[C@@H]21)C(C)(C)C. The highest BCUT2D eigenvalue weighted by molar-refractivity contribution is 5.86. The smallest absolute Gasteiger partial charge is 0.416 e. The maximum atomic E-state index is 13.2. The highest BCUT2D eigenvalue weighted by atomic mass is 19.4. The Morgan fingerprint density at radius 1 is 1.09 bits per heavy atom. The van der Waals surface area contributed by atoms with Crippen molar-refractivity contribution in [3.8, 4) is 0 Å². The molecule has 1 aromatic carbocycles. The zero-order valence-corrected chi connectivity index (χ0v) is 20.5. The summed E-state index contributed by atoms with van der Waals surface area (Å²) in [7, 11) is 0. The van der Waals surface area contributed by atoms with Gasteiger partial charge in [0.25, 0.3) is 0 Å². The maximum Gasteiger partial charge on any atom is 0.416 e. The first kappa shape index (κ1) is 26.3.